The lowest BCUT2D eigenvalue weighted by Crippen LogP contribution is -2.48. The maximum Gasteiger partial charge on any atom is 0.257 e. The predicted molar refractivity (Wildman–Crippen MR) is 129 cm³/mol. The molecule has 31 heavy (non-hydrogen) atoms. The van der Waals surface area contributed by atoms with E-state index in [1.165, 1.54) is 16.1 Å². The van der Waals surface area contributed by atoms with Crippen LogP contribution >= 0.6 is 12.2 Å². The molecular formula is C22H28N4O3S2. The van der Waals surface area contributed by atoms with Crippen LogP contribution < -0.4 is 15.5 Å². The smallest absolute Gasteiger partial charge is 0.257 e. The van der Waals surface area contributed by atoms with Gasteiger partial charge in [0.1, 0.15) is 0 Å². The lowest BCUT2D eigenvalue weighted by molar-refractivity contribution is 0.0977. The van der Waals surface area contributed by atoms with E-state index in [0.29, 0.717) is 37.7 Å². The number of nitrogens with zero attached hydrogens (tertiary/aromatic N) is 2. The molecule has 166 valence electrons. The van der Waals surface area contributed by atoms with Gasteiger partial charge < -0.3 is 10.2 Å². The largest absolute Gasteiger partial charge is 0.367 e. The minimum atomic E-state index is -3.19. The van der Waals surface area contributed by atoms with Gasteiger partial charge in [0.25, 0.3) is 5.91 Å². The van der Waals surface area contributed by atoms with E-state index in [4.69, 9.17) is 12.2 Å². The first-order valence-corrected chi connectivity index (χ1v) is 12.4. The van der Waals surface area contributed by atoms with Crippen LogP contribution in [0.2, 0.25) is 0 Å². The molecule has 1 aliphatic heterocycles. The topological polar surface area (TPSA) is 81.8 Å². The van der Waals surface area contributed by atoms with Gasteiger partial charge in [-0.25, -0.2) is 8.42 Å². The number of hydrogen-bond donors (Lipinski definition) is 2. The number of anilines is 2. The minimum Gasteiger partial charge on any atom is -0.367 e. The van der Waals surface area contributed by atoms with Crippen LogP contribution in [0.1, 0.15) is 35.7 Å². The van der Waals surface area contributed by atoms with E-state index in [0.717, 1.165) is 11.4 Å². The second-order valence-electron chi connectivity index (χ2n) is 7.85. The molecule has 0 atom stereocenters. The standard InChI is InChI=1S/C22H28N4O3S2/c1-16(2)17-8-10-18(11-9-17)21(27)24-22(30)23-19-6-4-5-7-20(19)25-12-14-26(15-13-25)31(3,28)29/h4-11,16H,12-15H2,1-3H3,(H2,23,24,27,30). The van der Waals surface area contributed by atoms with Gasteiger partial charge in [0.05, 0.1) is 17.6 Å². The summed E-state index contributed by atoms with van der Waals surface area (Å²) in [5.74, 6) is 0.128. The van der Waals surface area contributed by atoms with Crippen molar-refractivity contribution in [3.8, 4) is 0 Å². The summed E-state index contributed by atoms with van der Waals surface area (Å²) < 4.78 is 25.0. The van der Waals surface area contributed by atoms with Crippen molar-refractivity contribution < 1.29 is 13.2 Å². The van der Waals surface area contributed by atoms with E-state index in [-0.39, 0.29) is 11.0 Å². The summed E-state index contributed by atoms with van der Waals surface area (Å²) in [6, 6.07) is 15.1. The summed E-state index contributed by atoms with van der Waals surface area (Å²) in [5.41, 5.74) is 3.38. The highest BCUT2D eigenvalue weighted by molar-refractivity contribution is 7.88. The van der Waals surface area contributed by atoms with Crippen molar-refractivity contribution >= 4 is 44.6 Å². The Bertz CT molecular complexity index is 1040. The van der Waals surface area contributed by atoms with Gasteiger partial charge in [-0.2, -0.15) is 4.31 Å². The molecule has 3 rings (SSSR count). The van der Waals surface area contributed by atoms with Crippen molar-refractivity contribution in [3.05, 3.63) is 59.7 Å². The van der Waals surface area contributed by atoms with Crippen molar-refractivity contribution in [2.75, 3.05) is 42.7 Å². The van der Waals surface area contributed by atoms with Gasteiger partial charge in [0.2, 0.25) is 10.0 Å². The average molecular weight is 461 g/mol. The highest BCUT2D eigenvalue weighted by Gasteiger charge is 2.24. The van der Waals surface area contributed by atoms with E-state index >= 15 is 0 Å². The zero-order chi connectivity index (χ0) is 22.6. The summed E-state index contributed by atoms with van der Waals surface area (Å²) >= 11 is 5.36. The molecule has 7 nitrogen and oxygen atoms in total. The average Bonchev–Trinajstić information content (AvgIpc) is 2.73. The first kappa shape index (κ1) is 23.2. The van der Waals surface area contributed by atoms with E-state index in [2.05, 4.69) is 29.4 Å². The van der Waals surface area contributed by atoms with Gasteiger partial charge in [0.15, 0.2) is 5.11 Å². The molecule has 0 aromatic heterocycles. The molecule has 0 aliphatic carbocycles. The summed E-state index contributed by atoms with van der Waals surface area (Å²) in [5, 5.41) is 6.04. The highest BCUT2D eigenvalue weighted by atomic mass is 32.2. The molecule has 2 N–H and O–H groups in total. The predicted octanol–water partition coefficient (Wildman–Crippen LogP) is 3.02. The molecule has 9 heteroatoms. The minimum absolute atomic E-state index is 0.208. The number of amides is 1. The van der Waals surface area contributed by atoms with Crippen LogP contribution in [0.25, 0.3) is 0 Å². The fraction of sp³-hybridized carbons (Fsp3) is 0.364. The third-order valence-electron chi connectivity index (χ3n) is 5.27. The number of hydrogen-bond acceptors (Lipinski definition) is 5. The summed E-state index contributed by atoms with van der Waals surface area (Å²) in [6.07, 6.45) is 1.23. The molecule has 1 fully saturated rings. The molecule has 2 aromatic rings. The number of benzene rings is 2. The second kappa shape index (κ2) is 9.76. The van der Waals surface area contributed by atoms with Crippen LogP contribution in [0, 0.1) is 0 Å². The van der Waals surface area contributed by atoms with Gasteiger partial charge in [-0.1, -0.05) is 38.1 Å². The fourth-order valence-electron chi connectivity index (χ4n) is 3.46. The molecule has 0 spiro atoms. The summed E-state index contributed by atoms with van der Waals surface area (Å²) in [6.45, 7) is 6.22. The number of piperazine rings is 1. The van der Waals surface area contributed by atoms with Crippen molar-refractivity contribution in [2.24, 2.45) is 0 Å². The van der Waals surface area contributed by atoms with Gasteiger partial charge in [-0.05, 0) is 48.0 Å². The molecule has 0 saturated carbocycles. The van der Waals surface area contributed by atoms with Crippen LogP contribution in [0.3, 0.4) is 0 Å². The molecule has 0 radical (unpaired) electrons. The monoisotopic (exact) mass is 460 g/mol. The number of thiocarbonyl (C=S) groups is 1. The van der Waals surface area contributed by atoms with Crippen molar-refractivity contribution in [1.82, 2.24) is 9.62 Å². The maximum absolute atomic E-state index is 12.5. The number of nitrogens with one attached hydrogen (secondary N) is 2. The molecule has 1 amide bonds. The van der Waals surface area contributed by atoms with E-state index in [9.17, 15) is 13.2 Å². The Labute approximate surface area is 189 Å². The van der Waals surface area contributed by atoms with Crippen LogP contribution in [0.5, 0.6) is 0 Å². The fourth-order valence-corrected chi connectivity index (χ4v) is 4.49. The molecule has 1 aliphatic rings. The van der Waals surface area contributed by atoms with E-state index in [1.807, 2.05) is 36.4 Å². The molecule has 1 saturated heterocycles. The van der Waals surface area contributed by atoms with E-state index < -0.39 is 10.0 Å². The van der Waals surface area contributed by atoms with Gasteiger partial charge in [0, 0.05) is 31.7 Å². The van der Waals surface area contributed by atoms with Crippen LogP contribution in [-0.2, 0) is 10.0 Å². The van der Waals surface area contributed by atoms with Gasteiger partial charge in [-0.15, -0.1) is 0 Å². The number of carbonyl (C=O) groups excluding carboxylic acids is 1. The van der Waals surface area contributed by atoms with Gasteiger partial charge >= 0.3 is 0 Å². The van der Waals surface area contributed by atoms with Gasteiger partial charge in [-0.3, -0.25) is 10.1 Å². The Kier molecular flexibility index (Phi) is 7.30. The molecule has 2 aromatic carbocycles. The number of rotatable bonds is 5. The van der Waals surface area contributed by atoms with Crippen molar-refractivity contribution in [3.63, 3.8) is 0 Å². The Balaban J connectivity index is 1.64. The second-order valence-corrected chi connectivity index (χ2v) is 10.2. The number of carbonyl (C=O) groups is 1. The molecule has 0 bridgehead atoms. The third-order valence-corrected chi connectivity index (χ3v) is 6.77. The van der Waals surface area contributed by atoms with Crippen LogP contribution in [0.4, 0.5) is 11.4 Å². The first-order valence-electron chi connectivity index (χ1n) is 10.2. The molecule has 1 heterocycles. The Morgan fingerprint density at radius 1 is 1.00 bits per heavy atom. The molecular weight excluding hydrogens is 432 g/mol. The Hall–Kier alpha value is -2.49. The lowest BCUT2D eigenvalue weighted by atomic mass is 10.0. The third kappa shape index (κ3) is 6.03. The summed E-state index contributed by atoms with van der Waals surface area (Å²) in [4.78, 5) is 14.6. The maximum atomic E-state index is 12.5. The zero-order valence-corrected chi connectivity index (χ0v) is 19.6. The Morgan fingerprint density at radius 2 is 1.61 bits per heavy atom. The Morgan fingerprint density at radius 3 is 2.19 bits per heavy atom. The van der Waals surface area contributed by atoms with Crippen LogP contribution in [0.15, 0.2) is 48.5 Å². The summed E-state index contributed by atoms with van der Waals surface area (Å²) in [7, 11) is -3.19. The highest BCUT2D eigenvalue weighted by Crippen LogP contribution is 2.27. The quantitative estimate of drug-likeness (QED) is 0.668. The van der Waals surface area contributed by atoms with Crippen LogP contribution in [-0.4, -0.2) is 56.2 Å². The van der Waals surface area contributed by atoms with E-state index in [1.54, 1.807) is 12.1 Å². The SMILES string of the molecule is CC(C)c1ccc(C(=O)NC(=S)Nc2ccccc2N2CCN(S(C)(=O)=O)CC2)cc1. The number of sulfonamides is 1. The molecule has 0 unspecified atom stereocenters. The lowest BCUT2D eigenvalue weighted by Gasteiger charge is -2.35. The first-order chi connectivity index (χ1) is 14.6. The van der Waals surface area contributed by atoms with Crippen molar-refractivity contribution in [1.29, 1.82) is 0 Å². The van der Waals surface area contributed by atoms with Crippen molar-refractivity contribution in [2.45, 2.75) is 19.8 Å². The zero-order valence-electron chi connectivity index (χ0n) is 18.0. The normalized spacial score (nSPS) is 15.0. The number of para-hydroxylation sites is 2.